The van der Waals surface area contributed by atoms with Crippen molar-refractivity contribution >= 4 is 15.2 Å². The summed E-state index contributed by atoms with van der Waals surface area (Å²) in [7, 11) is -9.11. The highest BCUT2D eigenvalue weighted by molar-refractivity contribution is 7.57. The van der Waals surface area contributed by atoms with Crippen molar-refractivity contribution in [3.63, 3.8) is 0 Å². The van der Waals surface area contributed by atoms with Gasteiger partial charge in [0.25, 0.3) is 0 Å². The predicted molar refractivity (Wildman–Crippen MR) is 84.8 cm³/mol. The molecule has 2 aliphatic carbocycles. The quantitative estimate of drug-likeness (QED) is 0.564. The van der Waals surface area contributed by atoms with E-state index in [2.05, 4.69) is 0 Å². The summed E-state index contributed by atoms with van der Waals surface area (Å²) in [6, 6.07) is 0. The van der Waals surface area contributed by atoms with Gasteiger partial charge in [-0.2, -0.15) is 0 Å². The van der Waals surface area contributed by atoms with Crippen LogP contribution in [0.25, 0.3) is 0 Å². The van der Waals surface area contributed by atoms with Crippen molar-refractivity contribution in [3.8, 4) is 0 Å². The molecule has 6 nitrogen and oxygen atoms in total. The van der Waals surface area contributed by atoms with Crippen molar-refractivity contribution in [2.24, 2.45) is 11.8 Å². The fraction of sp³-hybridized carbons (Fsp3) is 1.00. The van der Waals surface area contributed by atoms with Gasteiger partial charge in [0.15, 0.2) is 0 Å². The Hall–Kier alpha value is 0.300. The van der Waals surface area contributed by atoms with Crippen LogP contribution >= 0.6 is 15.2 Å². The number of hydrogen-bond acceptors (Lipinski definition) is 2. The SMILES string of the molecule is O=P(O)(O)C(C1CCCCC1)C(C1CCCCC1)P(=O)(O)O. The lowest BCUT2D eigenvalue weighted by Crippen LogP contribution is -2.40. The van der Waals surface area contributed by atoms with E-state index in [-0.39, 0.29) is 11.8 Å². The second-order valence-electron chi connectivity index (χ2n) is 6.96. The summed E-state index contributed by atoms with van der Waals surface area (Å²) >= 11 is 0. The van der Waals surface area contributed by atoms with Gasteiger partial charge in [0.1, 0.15) is 0 Å². The van der Waals surface area contributed by atoms with Gasteiger partial charge >= 0.3 is 15.2 Å². The van der Waals surface area contributed by atoms with Crippen LogP contribution in [0.5, 0.6) is 0 Å². The molecule has 0 aliphatic heterocycles. The van der Waals surface area contributed by atoms with Gasteiger partial charge in [-0.25, -0.2) is 0 Å². The maximum Gasteiger partial charge on any atom is 0.329 e. The lowest BCUT2D eigenvalue weighted by Gasteiger charge is -2.40. The van der Waals surface area contributed by atoms with E-state index in [0.29, 0.717) is 25.7 Å². The highest BCUT2D eigenvalue weighted by Gasteiger charge is 2.52. The second kappa shape index (κ2) is 7.46. The van der Waals surface area contributed by atoms with Gasteiger partial charge in [-0.05, 0) is 37.5 Å². The van der Waals surface area contributed by atoms with Gasteiger partial charge in [0, 0.05) is 0 Å². The van der Waals surface area contributed by atoms with Gasteiger partial charge in [-0.3, -0.25) is 9.13 Å². The number of rotatable bonds is 5. The van der Waals surface area contributed by atoms with Crippen molar-refractivity contribution in [3.05, 3.63) is 0 Å². The maximum absolute atomic E-state index is 12.1. The highest BCUT2D eigenvalue weighted by atomic mass is 31.2. The molecular weight excluding hydrogens is 326 g/mol. The molecule has 2 saturated carbocycles. The van der Waals surface area contributed by atoms with Crippen molar-refractivity contribution < 1.29 is 28.7 Å². The molecule has 2 aliphatic rings. The minimum Gasteiger partial charge on any atom is -0.324 e. The maximum atomic E-state index is 12.1. The summed E-state index contributed by atoms with van der Waals surface area (Å²) in [5, 5.41) is 0. The zero-order valence-electron chi connectivity index (χ0n) is 12.9. The molecule has 2 rings (SSSR count). The first-order valence-corrected chi connectivity index (χ1v) is 11.7. The van der Waals surface area contributed by atoms with E-state index in [1.54, 1.807) is 0 Å². The summed E-state index contributed by atoms with van der Waals surface area (Å²) in [5.41, 5.74) is -2.37. The van der Waals surface area contributed by atoms with Crippen LogP contribution in [0.15, 0.2) is 0 Å². The van der Waals surface area contributed by atoms with E-state index >= 15 is 0 Å². The topological polar surface area (TPSA) is 115 Å². The fourth-order valence-corrected chi connectivity index (χ4v) is 8.48. The summed E-state index contributed by atoms with van der Waals surface area (Å²) in [6.45, 7) is 0. The molecule has 0 aromatic rings. The third-order valence-electron chi connectivity index (χ3n) is 5.39. The largest absolute Gasteiger partial charge is 0.329 e. The lowest BCUT2D eigenvalue weighted by atomic mass is 9.79. The molecule has 0 saturated heterocycles. The third-order valence-corrected chi connectivity index (χ3v) is 8.67. The predicted octanol–water partition coefficient (Wildman–Crippen LogP) is 3.24. The van der Waals surface area contributed by atoms with Crippen LogP contribution in [0.2, 0.25) is 0 Å². The van der Waals surface area contributed by atoms with E-state index in [4.69, 9.17) is 0 Å². The third kappa shape index (κ3) is 4.66. The second-order valence-corrected chi connectivity index (χ2v) is 10.5. The summed E-state index contributed by atoms with van der Waals surface area (Å²) in [4.78, 5) is 39.4. The Labute approximate surface area is 132 Å². The molecule has 0 aromatic carbocycles. The van der Waals surface area contributed by atoms with Crippen LogP contribution in [-0.2, 0) is 9.13 Å². The van der Waals surface area contributed by atoms with Gasteiger partial charge < -0.3 is 19.6 Å². The molecule has 8 heteroatoms. The minimum atomic E-state index is -4.56. The van der Waals surface area contributed by atoms with Crippen molar-refractivity contribution in [2.45, 2.75) is 75.5 Å². The fourth-order valence-electron chi connectivity index (χ4n) is 4.46. The minimum absolute atomic E-state index is 0.269. The van der Waals surface area contributed by atoms with Crippen molar-refractivity contribution in [2.75, 3.05) is 0 Å². The molecule has 0 heterocycles. The van der Waals surface area contributed by atoms with Crippen molar-refractivity contribution in [1.82, 2.24) is 0 Å². The van der Waals surface area contributed by atoms with E-state index in [1.165, 1.54) is 0 Å². The van der Waals surface area contributed by atoms with Gasteiger partial charge in [0.2, 0.25) is 0 Å². The van der Waals surface area contributed by atoms with Gasteiger partial charge in [-0.15, -0.1) is 0 Å². The normalized spacial score (nSPS) is 25.8. The Bertz CT molecular complexity index is 402. The van der Waals surface area contributed by atoms with Crippen LogP contribution in [0.4, 0.5) is 0 Å². The zero-order chi connectivity index (χ0) is 16.4. The van der Waals surface area contributed by atoms with Crippen LogP contribution < -0.4 is 0 Å². The van der Waals surface area contributed by atoms with Gasteiger partial charge in [0.05, 0.1) is 11.3 Å². The molecule has 0 spiro atoms. The Balaban J connectivity index is 2.34. The average Bonchev–Trinajstić information content (AvgIpc) is 2.44. The van der Waals surface area contributed by atoms with E-state index in [1.807, 2.05) is 0 Å². The highest BCUT2D eigenvalue weighted by Crippen LogP contribution is 2.62. The van der Waals surface area contributed by atoms with Crippen LogP contribution in [-0.4, -0.2) is 30.9 Å². The molecule has 0 aromatic heterocycles. The first-order chi connectivity index (χ1) is 10.2. The van der Waals surface area contributed by atoms with Crippen LogP contribution in [0.3, 0.4) is 0 Å². The molecular formula is C14H28O6P2. The van der Waals surface area contributed by atoms with Crippen LogP contribution in [0, 0.1) is 11.8 Å². The van der Waals surface area contributed by atoms with Crippen LogP contribution in [0.1, 0.15) is 64.2 Å². The lowest BCUT2D eigenvalue weighted by molar-refractivity contribution is 0.224. The summed E-state index contributed by atoms with van der Waals surface area (Å²) in [5.74, 6) is -0.539. The molecule has 22 heavy (non-hydrogen) atoms. The first-order valence-electron chi connectivity index (χ1n) is 8.31. The Morgan fingerprint density at radius 2 is 0.864 bits per heavy atom. The van der Waals surface area contributed by atoms with Crippen molar-refractivity contribution in [1.29, 1.82) is 0 Å². The molecule has 2 unspecified atom stereocenters. The molecule has 0 radical (unpaired) electrons. The van der Waals surface area contributed by atoms with E-state index < -0.39 is 26.5 Å². The smallest absolute Gasteiger partial charge is 0.324 e. The molecule has 130 valence electrons. The summed E-state index contributed by atoms with van der Waals surface area (Å²) in [6.07, 6.45) is 8.29. The zero-order valence-corrected chi connectivity index (χ0v) is 14.7. The Morgan fingerprint density at radius 1 is 0.591 bits per heavy atom. The molecule has 2 atom stereocenters. The Kier molecular flexibility index (Phi) is 6.32. The molecule has 2 fully saturated rings. The van der Waals surface area contributed by atoms with Gasteiger partial charge in [-0.1, -0.05) is 38.5 Å². The standard InChI is InChI=1S/C14H28O6P2/c15-21(16,17)13(11-7-3-1-4-8-11)14(22(18,19)20)12-9-5-2-6-10-12/h11-14H,1-10H2,(H2,15,16,17)(H2,18,19,20). The first kappa shape index (κ1) is 18.6. The summed E-state index contributed by atoms with van der Waals surface area (Å²) < 4.78 is 24.2. The molecule has 0 bridgehead atoms. The number of hydrogen-bond donors (Lipinski definition) is 4. The molecule has 0 amide bonds. The van der Waals surface area contributed by atoms with E-state index in [0.717, 1.165) is 38.5 Å². The monoisotopic (exact) mass is 354 g/mol. The average molecular weight is 354 g/mol. The van der Waals surface area contributed by atoms with E-state index in [9.17, 15) is 28.7 Å². The molecule has 4 N–H and O–H groups in total. The Morgan fingerprint density at radius 3 is 1.09 bits per heavy atom.